The number of benzene rings is 2. The zero-order valence-corrected chi connectivity index (χ0v) is 14.2. The van der Waals surface area contributed by atoms with Crippen molar-refractivity contribution in [2.75, 3.05) is 31.6 Å². The maximum Gasteiger partial charge on any atom is 0.148 e. The molecule has 0 amide bonds. The molecule has 0 bridgehead atoms. The number of halogens is 1. The molecular weight excluding hydrogens is 333 g/mol. The third-order valence-electron chi connectivity index (χ3n) is 4.73. The van der Waals surface area contributed by atoms with Crippen molar-refractivity contribution in [2.45, 2.75) is 0 Å². The summed E-state index contributed by atoms with van der Waals surface area (Å²) in [6, 6.07) is 11.4. The van der Waals surface area contributed by atoms with Crippen LogP contribution in [0.4, 0.5) is 10.1 Å². The van der Waals surface area contributed by atoms with Crippen molar-refractivity contribution in [3.8, 4) is 0 Å². The van der Waals surface area contributed by atoms with Gasteiger partial charge < -0.3 is 20.8 Å². The summed E-state index contributed by atoms with van der Waals surface area (Å²) in [5.41, 5.74) is 7.31. The van der Waals surface area contributed by atoms with Gasteiger partial charge in [-0.1, -0.05) is 18.2 Å². The van der Waals surface area contributed by atoms with Gasteiger partial charge in [0.25, 0.3) is 0 Å². The Morgan fingerprint density at radius 2 is 2.08 bits per heavy atom. The third kappa shape index (κ3) is 3.01. The predicted molar refractivity (Wildman–Crippen MR) is 104 cm³/mol. The number of hydrogen-bond donors (Lipinski definition) is 3. The minimum absolute atomic E-state index is 0.151. The van der Waals surface area contributed by atoms with E-state index in [-0.39, 0.29) is 11.2 Å². The average Bonchev–Trinajstić information content (AvgIpc) is 2.97. The van der Waals surface area contributed by atoms with E-state index in [2.05, 4.69) is 20.3 Å². The smallest absolute Gasteiger partial charge is 0.148 e. The number of para-hydroxylation sites is 1. The number of anilines is 1. The number of ether oxygens (including phenoxy) is 1. The number of nitrogens with two attached hydrogens (primary N) is 1. The summed E-state index contributed by atoms with van der Waals surface area (Å²) >= 11 is 0. The molecule has 4 rings (SSSR count). The summed E-state index contributed by atoms with van der Waals surface area (Å²) in [5, 5.41) is 5.32. The Labute approximate surface area is 150 Å². The molecule has 0 aliphatic carbocycles. The minimum Gasteiger partial charge on any atom is -0.390 e. The van der Waals surface area contributed by atoms with E-state index < -0.39 is 0 Å². The fourth-order valence-corrected chi connectivity index (χ4v) is 3.25. The van der Waals surface area contributed by atoms with Gasteiger partial charge in [-0.3, -0.25) is 4.99 Å². The molecule has 3 aromatic rings. The summed E-state index contributed by atoms with van der Waals surface area (Å²) < 4.78 is 19.9. The fourth-order valence-electron chi connectivity index (χ4n) is 3.25. The largest absolute Gasteiger partial charge is 0.390 e. The lowest BCUT2D eigenvalue weighted by Crippen LogP contribution is -2.50. The lowest BCUT2D eigenvalue weighted by molar-refractivity contribution is -0.0976. The van der Waals surface area contributed by atoms with E-state index in [4.69, 9.17) is 10.5 Å². The molecule has 0 atom stereocenters. The Morgan fingerprint density at radius 1 is 1.23 bits per heavy atom. The second-order valence-electron chi connectivity index (χ2n) is 6.65. The van der Waals surface area contributed by atoms with Crippen LogP contribution in [0.15, 0.2) is 46.4 Å². The molecular formula is C19H20FN5O. The van der Waals surface area contributed by atoms with Crippen LogP contribution >= 0.6 is 0 Å². The topological polar surface area (TPSA) is 87.8 Å². The molecule has 1 aromatic heterocycles. The van der Waals surface area contributed by atoms with Crippen LogP contribution in [-0.2, 0) is 4.74 Å². The summed E-state index contributed by atoms with van der Waals surface area (Å²) in [6.45, 7) is 2.29. The molecule has 1 aliphatic rings. The first kappa shape index (κ1) is 16.5. The normalized spacial score (nSPS) is 16.7. The first-order valence-corrected chi connectivity index (χ1v) is 8.44. The van der Waals surface area contributed by atoms with Gasteiger partial charge in [0.1, 0.15) is 12.2 Å². The number of nitrogens with one attached hydrogen (secondary N) is 2. The molecule has 4 N–H and O–H groups in total. The van der Waals surface area contributed by atoms with Crippen molar-refractivity contribution in [2.24, 2.45) is 21.1 Å². The maximum absolute atomic E-state index is 14.5. The molecule has 0 saturated carbocycles. The number of aliphatic imine (C=N–C) groups is 2. The van der Waals surface area contributed by atoms with E-state index in [0.29, 0.717) is 32.0 Å². The van der Waals surface area contributed by atoms with Gasteiger partial charge in [0.15, 0.2) is 0 Å². The zero-order chi connectivity index (χ0) is 18.0. The van der Waals surface area contributed by atoms with Crippen LogP contribution in [0.2, 0.25) is 0 Å². The van der Waals surface area contributed by atoms with Crippen LogP contribution < -0.4 is 11.1 Å². The van der Waals surface area contributed by atoms with Gasteiger partial charge in [0.2, 0.25) is 0 Å². The molecule has 1 aliphatic heterocycles. The predicted octanol–water partition coefficient (Wildman–Crippen LogP) is 2.90. The monoisotopic (exact) mass is 353 g/mol. The number of aromatic nitrogens is 1. The van der Waals surface area contributed by atoms with Crippen LogP contribution in [0.3, 0.4) is 0 Å². The van der Waals surface area contributed by atoms with E-state index in [1.54, 1.807) is 0 Å². The molecule has 0 unspecified atom stereocenters. The lowest BCUT2D eigenvalue weighted by atomic mass is 9.86. The Kier molecular flexibility index (Phi) is 4.30. The number of H-pyrrole nitrogens is 1. The molecule has 26 heavy (non-hydrogen) atoms. The van der Waals surface area contributed by atoms with Crippen LogP contribution in [0.5, 0.6) is 0 Å². The molecule has 6 nitrogen and oxygen atoms in total. The standard InChI is InChI=1S/C19H20FN5O/c20-15-6-17-14(13-3-1-2-4-16(13)25-17)5-18(15)24-8-19(9-26-10-19)7-22-12-23-11-21/h1-6,11-12,24-25H,7-10H2,(H2,21,22,23). The number of rotatable bonds is 6. The van der Waals surface area contributed by atoms with Crippen LogP contribution in [-0.4, -0.2) is 44.0 Å². The first-order valence-electron chi connectivity index (χ1n) is 8.44. The number of hydrogen-bond acceptors (Lipinski definition) is 3. The summed E-state index contributed by atoms with van der Waals surface area (Å²) in [4.78, 5) is 11.3. The van der Waals surface area contributed by atoms with E-state index in [1.807, 2.05) is 30.3 Å². The Hall–Kier alpha value is -2.93. The van der Waals surface area contributed by atoms with Crippen LogP contribution in [0.25, 0.3) is 21.8 Å². The second kappa shape index (κ2) is 6.76. The molecule has 134 valence electrons. The highest BCUT2D eigenvalue weighted by Crippen LogP contribution is 2.32. The molecule has 1 fully saturated rings. The van der Waals surface area contributed by atoms with E-state index in [1.165, 1.54) is 18.7 Å². The number of aromatic amines is 1. The van der Waals surface area contributed by atoms with E-state index >= 15 is 0 Å². The summed E-state index contributed by atoms with van der Waals surface area (Å²) in [7, 11) is 0. The van der Waals surface area contributed by atoms with Gasteiger partial charge in [-0.15, -0.1) is 0 Å². The Balaban J connectivity index is 1.56. The van der Waals surface area contributed by atoms with Crippen molar-refractivity contribution in [3.05, 3.63) is 42.2 Å². The SMILES string of the molecule is NC=NC=NCC1(CNc2cc3c(cc2F)[nH]c2ccccc23)COC1. The Bertz CT molecular complexity index is 990. The molecule has 2 aromatic carbocycles. The number of fused-ring (bicyclic) bond motifs is 3. The van der Waals surface area contributed by atoms with Gasteiger partial charge in [0.05, 0.1) is 37.2 Å². The first-order chi connectivity index (χ1) is 12.7. The second-order valence-corrected chi connectivity index (χ2v) is 6.65. The molecule has 0 spiro atoms. The van der Waals surface area contributed by atoms with Crippen molar-refractivity contribution >= 4 is 40.2 Å². The van der Waals surface area contributed by atoms with Crippen LogP contribution in [0.1, 0.15) is 0 Å². The Morgan fingerprint density at radius 3 is 2.85 bits per heavy atom. The average molecular weight is 353 g/mol. The van der Waals surface area contributed by atoms with Gasteiger partial charge in [-0.05, 0) is 12.1 Å². The van der Waals surface area contributed by atoms with Crippen molar-refractivity contribution in [3.63, 3.8) is 0 Å². The quantitative estimate of drug-likeness (QED) is 0.470. The lowest BCUT2D eigenvalue weighted by Gasteiger charge is -2.40. The zero-order valence-electron chi connectivity index (χ0n) is 14.2. The summed E-state index contributed by atoms with van der Waals surface area (Å²) in [5.74, 6) is -0.282. The minimum atomic E-state index is -0.282. The van der Waals surface area contributed by atoms with Gasteiger partial charge >= 0.3 is 0 Å². The van der Waals surface area contributed by atoms with E-state index in [9.17, 15) is 4.39 Å². The highest BCUT2D eigenvalue weighted by atomic mass is 19.1. The van der Waals surface area contributed by atoms with E-state index in [0.717, 1.165) is 21.8 Å². The molecule has 0 radical (unpaired) electrons. The third-order valence-corrected chi connectivity index (χ3v) is 4.73. The summed E-state index contributed by atoms with van der Waals surface area (Å²) in [6.07, 6.45) is 2.62. The molecule has 2 heterocycles. The van der Waals surface area contributed by atoms with Gasteiger partial charge in [0, 0.05) is 34.4 Å². The molecule has 7 heteroatoms. The van der Waals surface area contributed by atoms with Crippen molar-refractivity contribution < 1.29 is 9.13 Å². The van der Waals surface area contributed by atoms with Crippen molar-refractivity contribution in [1.82, 2.24) is 4.98 Å². The molecule has 1 saturated heterocycles. The van der Waals surface area contributed by atoms with Crippen LogP contribution in [0, 0.1) is 11.2 Å². The number of nitrogens with zero attached hydrogens (tertiary/aromatic N) is 2. The van der Waals surface area contributed by atoms with Crippen molar-refractivity contribution in [1.29, 1.82) is 0 Å². The maximum atomic E-state index is 14.5. The van der Waals surface area contributed by atoms with Gasteiger partial charge in [-0.25, -0.2) is 9.38 Å². The fraction of sp³-hybridized carbons (Fsp3) is 0.263. The van der Waals surface area contributed by atoms with Gasteiger partial charge in [-0.2, -0.15) is 0 Å². The highest BCUT2D eigenvalue weighted by molar-refractivity contribution is 6.08. The highest BCUT2D eigenvalue weighted by Gasteiger charge is 2.38.